The summed E-state index contributed by atoms with van der Waals surface area (Å²) in [4.78, 5) is 13.2. The Bertz CT molecular complexity index is 985. The Kier molecular flexibility index (Phi) is 6.35. The number of amides is 1. The SMILES string of the molecule is COc1cc(NC(=O)C(=Cc2ccccc2)c2ccccc2)c(OC)cc1Cl. The van der Waals surface area contributed by atoms with Crippen LogP contribution in [0.15, 0.2) is 72.8 Å². The molecule has 0 aliphatic rings. The smallest absolute Gasteiger partial charge is 0.256 e. The molecule has 0 aliphatic carbocycles. The molecule has 0 spiro atoms. The van der Waals surface area contributed by atoms with Crippen molar-refractivity contribution in [3.63, 3.8) is 0 Å². The van der Waals surface area contributed by atoms with Crippen LogP contribution in [0.3, 0.4) is 0 Å². The lowest BCUT2D eigenvalue weighted by molar-refractivity contribution is -0.111. The molecule has 0 saturated carbocycles. The van der Waals surface area contributed by atoms with Crippen molar-refractivity contribution in [1.82, 2.24) is 0 Å². The van der Waals surface area contributed by atoms with Gasteiger partial charge in [-0.1, -0.05) is 72.3 Å². The first-order valence-corrected chi connectivity index (χ1v) is 9.05. The summed E-state index contributed by atoms with van der Waals surface area (Å²) < 4.78 is 10.6. The lowest BCUT2D eigenvalue weighted by Crippen LogP contribution is -2.14. The molecule has 0 radical (unpaired) electrons. The van der Waals surface area contributed by atoms with E-state index in [0.29, 0.717) is 27.8 Å². The quantitative estimate of drug-likeness (QED) is 0.442. The van der Waals surface area contributed by atoms with Crippen molar-refractivity contribution in [2.75, 3.05) is 19.5 Å². The third kappa shape index (κ3) is 4.53. The van der Waals surface area contributed by atoms with Gasteiger partial charge in [0.2, 0.25) is 0 Å². The number of carbonyl (C=O) groups is 1. The summed E-state index contributed by atoms with van der Waals surface area (Å²) in [6.45, 7) is 0. The molecule has 0 atom stereocenters. The number of methoxy groups -OCH3 is 2. The van der Waals surface area contributed by atoms with Crippen molar-refractivity contribution >= 4 is 34.8 Å². The molecule has 0 bridgehead atoms. The van der Waals surface area contributed by atoms with Gasteiger partial charge in [0, 0.05) is 17.7 Å². The second-order valence-corrected chi connectivity index (χ2v) is 6.38. The van der Waals surface area contributed by atoms with Crippen LogP contribution in [0.4, 0.5) is 5.69 Å². The van der Waals surface area contributed by atoms with Crippen molar-refractivity contribution in [1.29, 1.82) is 0 Å². The topological polar surface area (TPSA) is 47.6 Å². The summed E-state index contributed by atoms with van der Waals surface area (Å²) in [5.74, 6) is 0.634. The highest BCUT2D eigenvalue weighted by molar-refractivity contribution is 6.33. The molecule has 3 aromatic carbocycles. The van der Waals surface area contributed by atoms with E-state index in [2.05, 4.69) is 5.32 Å². The zero-order valence-corrected chi connectivity index (χ0v) is 16.4. The standard InChI is InChI=1S/C23H20ClNO3/c1-27-21-15-20(22(28-2)14-19(21)24)25-23(26)18(17-11-7-4-8-12-17)13-16-9-5-3-6-10-16/h3-15H,1-2H3,(H,25,26). The van der Waals surface area contributed by atoms with Crippen LogP contribution in [0.1, 0.15) is 11.1 Å². The molecule has 5 heteroatoms. The molecule has 1 amide bonds. The van der Waals surface area contributed by atoms with Crippen LogP contribution in [-0.4, -0.2) is 20.1 Å². The van der Waals surface area contributed by atoms with Gasteiger partial charge in [0.15, 0.2) is 0 Å². The number of ether oxygens (including phenoxy) is 2. The second-order valence-electron chi connectivity index (χ2n) is 5.98. The van der Waals surface area contributed by atoms with Crippen molar-refractivity contribution < 1.29 is 14.3 Å². The zero-order valence-electron chi connectivity index (χ0n) is 15.6. The van der Waals surface area contributed by atoms with E-state index in [9.17, 15) is 4.79 Å². The van der Waals surface area contributed by atoms with E-state index in [4.69, 9.17) is 21.1 Å². The van der Waals surface area contributed by atoms with Crippen LogP contribution in [0.5, 0.6) is 11.5 Å². The van der Waals surface area contributed by atoms with Gasteiger partial charge in [-0.2, -0.15) is 0 Å². The molecular formula is C23H20ClNO3. The minimum Gasteiger partial charge on any atom is -0.495 e. The fourth-order valence-electron chi connectivity index (χ4n) is 2.76. The van der Waals surface area contributed by atoms with Crippen LogP contribution < -0.4 is 14.8 Å². The molecule has 0 aliphatic heterocycles. The average molecular weight is 394 g/mol. The molecule has 0 fully saturated rings. The molecule has 1 N–H and O–H groups in total. The molecule has 0 unspecified atom stereocenters. The van der Waals surface area contributed by atoms with Gasteiger partial charge >= 0.3 is 0 Å². The van der Waals surface area contributed by atoms with Gasteiger partial charge in [0.1, 0.15) is 11.5 Å². The monoisotopic (exact) mass is 393 g/mol. The van der Waals surface area contributed by atoms with E-state index in [1.807, 2.05) is 66.7 Å². The van der Waals surface area contributed by atoms with E-state index < -0.39 is 0 Å². The molecule has 3 rings (SSSR count). The molecule has 0 aromatic heterocycles. The molecule has 0 saturated heterocycles. The van der Waals surface area contributed by atoms with Crippen LogP contribution in [-0.2, 0) is 4.79 Å². The molecule has 142 valence electrons. The predicted octanol–water partition coefficient (Wildman–Crippen LogP) is 5.54. The van der Waals surface area contributed by atoms with E-state index in [1.54, 1.807) is 12.1 Å². The summed E-state index contributed by atoms with van der Waals surface area (Å²) in [5, 5.41) is 3.31. The molecule has 0 heterocycles. The Labute approximate surface area is 169 Å². The number of anilines is 1. The zero-order chi connectivity index (χ0) is 19.9. The Morgan fingerprint density at radius 3 is 2.11 bits per heavy atom. The minimum absolute atomic E-state index is 0.266. The summed E-state index contributed by atoms with van der Waals surface area (Å²) in [6, 6.07) is 22.4. The van der Waals surface area contributed by atoms with Crippen LogP contribution in [0.25, 0.3) is 11.6 Å². The van der Waals surface area contributed by atoms with Gasteiger partial charge in [-0.15, -0.1) is 0 Å². The molecule has 3 aromatic rings. The molecular weight excluding hydrogens is 374 g/mol. The van der Waals surface area contributed by atoms with Gasteiger partial charge < -0.3 is 14.8 Å². The Balaban J connectivity index is 2.00. The summed E-state index contributed by atoms with van der Waals surface area (Å²) >= 11 is 6.15. The van der Waals surface area contributed by atoms with Crippen LogP contribution >= 0.6 is 11.6 Å². The number of benzene rings is 3. The van der Waals surface area contributed by atoms with Crippen LogP contribution in [0, 0.1) is 0 Å². The van der Waals surface area contributed by atoms with Crippen molar-refractivity contribution in [3.05, 3.63) is 88.9 Å². The Hall–Kier alpha value is -3.24. The second kappa shape index (κ2) is 9.11. The summed E-state index contributed by atoms with van der Waals surface area (Å²) in [7, 11) is 3.04. The first-order chi connectivity index (χ1) is 13.6. The third-order valence-electron chi connectivity index (χ3n) is 4.16. The third-order valence-corrected chi connectivity index (χ3v) is 4.46. The minimum atomic E-state index is -0.266. The Morgan fingerprint density at radius 1 is 0.893 bits per heavy atom. The number of nitrogens with one attached hydrogen (secondary N) is 1. The van der Waals surface area contributed by atoms with E-state index in [-0.39, 0.29) is 5.91 Å². The van der Waals surface area contributed by atoms with Crippen molar-refractivity contribution in [2.24, 2.45) is 0 Å². The van der Waals surface area contributed by atoms with Gasteiger partial charge in [0.05, 0.1) is 24.9 Å². The summed E-state index contributed by atoms with van der Waals surface area (Å²) in [6.07, 6.45) is 1.85. The van der Waals surface area contributed by atoms with Gasteiger partial charge in [-0.05, 0) is 17.2 Å². The van der Waals surface area contributed by atoms with Gasteiger partial charge in [0.25, 0.3) is 5.91 Å². The highest BCUT2D eigenvalue weighted by atomic mass is 35.5. The van der Waals surface area contributed by atoms with E-state index >= 15 is 0 Å². The number of hydrogen-bond acceptors (Lipinski definition) is 3. The maximum atomic E-state index is 13.2. The maximum Gasteiger partial charge on any atom is 0.256 e. The lowest BCUT2D eigenvalue weighted by atomic mass is 10.0. The molecule has 4 nitrogen and oxygen atoms in total. The Morgan fingerprint density at radius 2 is 1.50 bits per heavy atom. The van der Waals surface area contributed by atoms with E-state index in [1.165, 1.54) is 14.2 Å². The summed E-state index contributed by atoms with van der Waals surface area (Å²) in [5.41, 5.74) is 2.74. The molecule has 28 heavy (non-hydrogen) atoms. The fraction of sp³-hybridized carbons (Fsp3) is 0.0870. The van der Waals surface area contributed by atoms with Crippen LogP contribution in [0.2, 0.25) is 5.02 Å². The average Bonchev–Trinajstić information content (AvgIpc) is 2.74. The highest BCUT2D eigenvalue weighted by Crippen LogP contribution is 2.36. The normalized spacial score (nSPS) is 11.0. The predicted molar refractivity (Wildman–Crippen MR) is 114 cm³/mol. The number of carbonyl (C=O) groups excluding carboxylic acids is 1. The largest absolute Gasteiger partial charge is 0.495 e. The number of halogens is 1. The van der Waals surface area contributed by atoms with Gasteiger partial charge in [-0.25, -0.2) is 0 Å². The fourth-order valence-corrected chi connectivity index (χ4v) is 2.99. The van der Waals surface area contributed by atoms with Crippen molar-refractivity contribution in [3.8, 4) is 11.5 Å². The first-order valence-electron chi connectivity index (χ1n) is 8.67. The number of hydrogen-bond donors (Lipinski definition) is 1. The number of rotatable bonds is 6. The van der Waals surface area contributed by atoms with E-state index in [0.717, 1.165) is 11.1 Å². The highest BCUT2D eigenvalue weighted by Gasteiger charge is 2.17. The first kappa shape index (κ1) is 19.5. The van der Waals surface area contributed by atoms with Crippen molar-refractivity contribution in [2.45, 2.75) is 0 Å². The van der Waals surface area contributed by atoms with Gasteiger partial charge in [-0.3, -0.25) is 4.79 Å². The lowest BCUT2D eigenvalue weighted by Gasteiger charge is -2.15. The maximum absolute atomic E-state index is 13.2.